The van der Waals surface area contributed by atoms with Crippen LogP contribution < -0.4 is 15.1 Å². The summed E-state index contributed by atoms with van der Waals surface area (Å²) in [6.07, 6.45) is 1.81. The SMILES string of the molecule is Cc1ccc(NC(=O)N2CCN(c3ccnc(N4CCOCC4)n3)CC2)cc1. The number of urea groups is 1. The average molecular weight is 382 g/mol. The van der Waals surface area contributed by atoms with Gasteiger partial charge in [0.05, 0.1) is 13.2 Å². The van der Waals surface area contributed by atoms with Crippen molar-refractivity contribution in [2.45, 2.75) is 6.92 Å². The Bertz CT molecular complexity index is 799. The van der Waals surface area contributed by atoms with Gasteiger partial charge in [-0.25, -0.2) is 9.78 Å². The molecule has 2 aromatic rings. The van der Waals surface area contributed by atoms with E-state index in [1.807, 2.05) is 48.4 Å². The van der Waals surface area contributed by atoms with Crippen LogP contribution in [0.1, 0.15) is 5.56 Å². The molecule has 4 rings (SSSR count). The van der Waals surface area contributed by atoms with Crippen LogP contribution in [-0.4, -0.2) is 73.4 Å². The maximum atomic E-state index is 12.5. The van der Waals surface area contributed by atoms with Crippen molar-refractivity contribution in [3.8, 4) is 0 Å². The molecule has 28 heavy (non-hydrogen) atoms. The number of hydrogen-bond acceptors (Lipinski definition) is 6. The monoisotopic (exact) mass is 382 g/mol. The number of ether oxygens (including phenoxy) is 1. The number of morpholine rings is 1. The van der Waals surface area contributed by atoms with Crippen LogP contribution in [0, 0.1) is 6.92 Å². The second-order valence-corrected chi connectivity index (χ2v) is 7.08. The van der Waals surface area contributed by atoms with E-state index in [0.717, 1.165) is 43.6 Å². The predicted molar refractivity (Wildman–Crippen MR) is 109 cm³/mol. The van der Waals surface area contributed by atoms with Crippen molar-refractivity contribution < 1.29 is 9.53 Å². The fraction of sp³-hybridized carbons (Fsp3) is 0.450. The molecule has 1 aromatic heterocycles. The molecule has 8 nitrogen and oxygen atoms in total. The Morgan fingerprint density at radius 2 is 1.68 bits per heavy atom. The highest BCUT2D eigenvalue weighted by atomic mass is 16.5. The van der Waals surface area contributed by atoms with Crippen LogP contribution in [0.5, 0.6) is 0 Å². The van der Waals surface area contributed by atoms with Gasteiger partial charge in [0.25, 0.3) is 0 Å². The van der Waals surface area contributed by atoms with Gasteiger partial charge in [-0.15, -0.1) is 0 Å². The molecule has 0 spiro atoms. The summed E-state index contributed by atoms with van der Waals surface area (Å²) in [7, 11) is 0. The van der Waals surface area contributed by atoms with Crippen molar-refractivity contribution >= 4 is 23.5 Å². The molecule has 148 valence electrons. The smallest absolute Gasteiger partial charge is 0.321 e. The summed E-state index contributed by atoms with van der Waals surface area (Å²) in [4.78, 5) is 27.9. The first-order valence-corrected chi connectivity index (χ1v) is 9.72. The number of piperazine rings is 1. The minimum absolute atomic E-state index is 0.0554. The van der Waals surface area contributed by atoms with Crippen molar-refractivity contribution in [3.05, 3.63) is 42.1 Å². The molecule has 0 aliphatic carbocycles. The van der Waals surface area contributed by atoms with Crippen molar-refractivity contribution in [1.82, 2.24) is 14.9 Å². The molecule has 1 aromatic carbocycles. The zero-order valence-corrected chi connectivity index (χ0v) is 16.2. The summed E-state index contributed by atoms with van der Waals surface area (Å²) < 4.78 is 5.40. The van der Waals surface area contributed by atoms with E-state index in [9.17, 15) is 4.79 Å². The molecule has 0 bridgehead atoms. The molecule has 2 amide bonds. The summed E-state index contributed by atoms with van der Waals surface area (Å²) in [6.45, 7) is 7.91. The highest BCUT2D eigenvalue weighted by Gasteiger charge is 2.23. The van der Waals surface area contributed by atoms with Gasteiger partial charge in [-0.2, -0.15) is 4.98 Å². The maximum absolute atomic E-state index is 12.5. The van der Waals surface area contributed by atoms with Gasteiger partial charge in [-0.1, -0.05) is 17.7 Å². The van der Waals surface area contributed by atoms with E-state index in [0.29, 0.717) is 26.3 Å². The molecule has 8 heteroatoms. The number of rotatable bonds is 3. The predicted octanol–water partition coefficient (Wildman–Crippen LogP) is 1.98. The normalized spacial score (nSPS) is 17.5. The summed E-state index contributed by atoms with van der Waals surface area (Å²) in [5.41, 5.74) is 2.00. The Kier molecular flexibility index (Phi) is 5.57. The Morgan fingerprint density at radius 3 is 2.39 bits per heavy atom. The van der Waals surface area contributed by atoms with Crippen LogP contribution in [0.15, 0.2) is 36.5 Å². The van der Waals surface area contributed by atoms with E-state index in [-0.39, 0.29) is 6.03 Å². The third-order valence-electron chi connectivity index (χ3n) is 5.12. The van der Waals surface area contributed by atoms with E-state index in [2.05, 4.69) is 20.1 Å². The molecule has 2 saturated heterocycles. The topological polar surface area (TPSA) is 73.8 Å². The zero-order chi connectivity index (χ0) is 19.3. The number of hydrogen-bond donors (Lipinski definition) is 1. The fourth-order valence-electron chi connectivity index (χ4n) is 3.41. The quantitative estimate of drug-likeness (QED) is 0.875. The first-order valence-electron chi connectivity index (χ1n) is 9.72. The first-order chi connectivity index (χ1) is 13.7. The standard InChI is InChI=1S/C20H26N6O2/c1-16-2-4-17(5-3-16)22-20(27)26-10-8-24(9-11-26)18-6-7-21-19(23-18)25-12-14-28-15-13-25/h2-7H,8-15H2,1H3,(H,22,27). The third-order valence-corrected chi connectivity index (χ3v) is 5.12. The second-order valence-electron chi connectivity index (χ2n) is 7.08. The molecule has 3 heterocycles. The highest BCUT2D eigenvalue weighted by molar-refractivity contribution is 5.89. The Hall–Kier alpha value is -2.87. The minimum Gasteiger partial charge on any atom is -0.378 e. The van der Waals surface area contributed by atoms with Crippen LogP contribution in [0.4, 0.5) is 22.2 Å². The number of benzene rings is 1. The summed E-state index contributed by atoms with van der Waals surface area (Å²) >= 11 is 0. The summed E-state index contributed by atoms with van der Waals surface area (Å²) in [5, 5.41) is 2.97. The highest BCUT2D eigenvalue weighted by Crippen LogP contribution is 2.18. The Morgan fingerprint density at radius 1 is 0.964 bits per heavy atom. The number of nitrogens with one attached hydrogen (secondary N) is 1. The molecule has 2 aliphatic rings. The molecule has 0 saturated carbocycles. The van der Waals surface area contributed by atoms with Gasteiger partial charge in [0.15, 0.2) is 0 Å². The molecular formula is C20H26N6O2. The molecular weight excluding hydrogens is 356 g/mol. The minimum atomic E-state index is -0.0554. The number of carbonyl (C=O) groups is 1. The van der Waals surface area contributed by atoms with Crippen LogP contribution in [0.25, 0.3) is 0 Å². The lowest BCUT2D eigenvalue weighted by Gasteiger charge is -2.35. The number of anilines is 3. The van der Waals surface area contributed by atoms with E-state index in [4.69, 9.17) is 9.72 Å². The van der Waals surface area contributed by atoms with E-state index in [1.165, 1.54) is 5.56 Å². The Labute approximate surface area is 165 Å². The fourth-order valence-corrected chi connectivity index (χ4v) is 3.41. The lowest BCUT2D eigenvalue weighted by atomic mass is 10.2. The summed E-state index contributed by atoms with van der Waals surface area (Å²) in [6, 6.07) is 9.73. The second kappa shape index (κ2) is 8.43. The molecule has 0 unspecified atom stereocenters. The molecule has 1 N–H and O–H groups in total. The van der Waals surface area contributed by atoms with E-state index < -0.39 is 0 Å². The average Bonchev–Trinajstić information content (AvgIpc) is 2.76. The van der Waals surface area contributed by atoms with Gasteiger partial charge in [0, 0.05) is 51.2 Å². The van der Waals surface area contributed by atoms with Crippen molar-refractivity contribution in [2.24, 2.45) is 0 Å². The van der Waals surface area contributed by atoms with Gasteiger partial charge in [0.2, 0.25) is 5.95 Å². The van der Waals surface area contributed by atoms with Gasteiger partial charge in [0.1, 0.15) is 5.82 Å². The van der Waals surface area contributed by atoms with Crippen molar-refractivity contribution in [1.29, 1.82) is 0 Å². The summed E-state index contributed by atoms with van der Waals surface area (Å²) in [5.74, 6) is 1.66. The van der Waals surface area contributed by atoms with Gasteiger partial charge >= 0.3 is 6.03 Å². The van der Waals surface area contributed by atoms with Crippen molar-refractivity contribution in [2.75, 3.05) is 67.6 Å². The first kappa shape index (κ1) is 18.5. The van der Waals surface area contributed by atoms with E-state index >= 15 is 0 Å². The maximum Gasteiger partial charge on any atom is 0.321 e. The van der Waals surface area contributed by atoms with Gasteiger partial charge in [-0.3, -0.25) is 0 Å². The zero-order valence-electron chi connectivity index (χ0n) is 16.2. The van der Waals surface area contributed by atoms with Crippen LogP contribution in [0.3, 0.4) is 0 Å². The van der Waals surface area contributed by atoms with Crippen LogP contribution >= 0.6 is 0 Å². The number of aromatic nitrogens is 2. The molecule has 2 fully saturated rings. The van der Waals surface area contributed by atoms with Crippen LogP contribution in [-0.2, 0) is 4.74 Å². The molecule has 0 atom stereocenters. The lowest BCUT2D eigenvalue weighted by molar-refractivity contribution is 0.122. The Balaban J connectivity index is 1.33. The third kappa shape index (κ3) is 4.33. The van der Waals surface area contributed by atoms with Crippen LogP contribution in [0.2, 0.25) is 0 Å². The number of carbonyl (C=O) groups excluding carboxylic acids is 1. The van der Waals surface area contributed by atoms with E-state index in [1.54, 1.807) is 0 Å². The molecule has 0 radical (unpaired) electrons. The number of amides is 2. The van der Waals surface area contributed by atoms with Gasteiger partial charge < -0.3 is 24.8 Å². The largest absolute Gasteiger partial charge is 0.378 e. The van der Waals surface area contributed by atoms with Crippen molar-refractivity contribution in [3.63, 3.8) is 0 Å². The lowest BCUT2D eigenvalue weighted by Crippen LogP contribution is -2.50. The number of nitrogens with zero attached hydrogens (tertiary/aromatic N) is 5. The number of aryl methyl sites for hydroxylation is 1. The van der Waals surface area contributed by atoms with Gasteiger partial charge in [-0.05, 0) is 25.1 Å². The molecule has 2 aliphatic heterocycles.